The lowest BCUT2D eigenvalue weighted by atomic mass is 10.3. The van der Waals surface area contributed by atoms with Gasteiger partial charge in [-0.05, 0) is 30.7 Å². The Kier molecular flexibility index (Phi) is 6.21. The molecule has 12 heteroatoms. The molecule has 0 unspecified atom stereocenters. The maximum Gasteiger partial charge on any atom is 0.323 e. The summed E-state index contributed by atoms with van der Waals surface area (Å²) in [5.74, 6) is -0.633. The van der Waals surface area contributed by atoms with Crippen molar-refractivity contribution in [1.82, 2.24) is 19.5 Å². The van der Waals surface area contributed by atoms with Crippen LogP contribution in [0.25, 0.3) is 0 Å². The number of halogens is 1. The van der Waals surface area contributed by atoms with Crippen molar-refractivity contribution < 1.29 is 22.4 Å². The first-order chi connectivity index (χ1) is 14.8. The van der Waals surface area contributed by atoms with Gasteiger partial charge >= 0.3 is 6.03 Å². The van der Waals surface area contributed by atoms with Gasteiger partial charge in [0.1, 0.15) is 5.82 Å². The lowest BCUT2D eigenvalue weighted by Crippen LogP contribution is -2.38. The zero-order valence-corrected chi connectivity index (χ0v) is 18.3. The lowest BCUT2D eigenvalue weighted by molar-refractivity contribution is -0.130. The van der Waals surface area contributed by atoms with E-state index in [0.717, 1.165) is 12.1 Å². The molecular weight excluding hydrogens is 445 g/mol. The Morgan fingerprint density at radius 2 is 1.90 bits per heavy atom. The van der Waals surface area contributed by atoms with Gasteiger partial charge in [-0.3, -0.25) is 9.69 Å². The van der Waals surface area contributed by atoms with Crippen LogP contribution in [0.3, 0.4) is 0 Å². The summed E-state index contributed by atoms with van der Waals surface area (Å²) in [6, 6.07) is 4.54. The van der Waals surface area contributed by atoms with E-state index in [4.69, 9.17) is 0 Å². The normalized spacial score (nSPS) is 18.2. The highest BCUT2D eigenvalue weighted by molar-refractivity contribution is 7.89. The second-order valence-electron chi connectivity index (χ2n) is 7.27. The minimum Gasteiger partial charge on any atom is -0.341 e. The molecule has 2 saturated heterocycles. The summed E-state index contributed by atoms with van der Waals surface area (Å²) in [5, 5.41) is 5.04. The third kappa shape index (κ3) is 4.70. The molecule has 3 heterocycles. The predicted molar refractivity (Wildman–Crippen MR) is 113 cm³/mol. The predicted octanol–water partition coefficient (Wildman–Crippen LogP) is 1.28. The number of nitrogens with zero attached hydrogens (tertiary/aromatic N) is 4. The number of nitrogens with one attached hydrogen (secondary N) is 1. The molecule has 2 fully saturated rings. The molecule has 0 bridgehead atoms. The monoisotopic (exact) mass is 467 g/mol. The van der Waals surface area contributed by atoms with Crippen LogP contribution < -0.4 is 10.2 Å². The van der Waals surface area contributed by atoms with Crippen molar-refractivity contribution in [3.05, 3.63) is 41.2 Å². The number of aromatic nitrogens is 1. The van der Waals surface area contributed by atoms with Gasteiger partial charge in [0.15, 0.2) is 5.13 Å². The number of thiazole rings is 1. The number of carbonyl (C=O) groups excluding carboxylic acids is 2. The summed E-state index contributed by atoms with van der Waals surface area (Å²) in [7, 11) is -3.75. The number of benzene rings is 1. The van der Waals surface area contributed by atoms with Crippen molar-refractivity contribution in [2.24, 2.45) is 0 Å². The third-order valence-corrected chi connectivity index (χ3v) is 8.04. The molecule has 0 atom stereocenters. The second-order valence-corrected chi connectivity index (χ2v) is 10.0. The van der Waals surface area contributed by atoms with Crippen LogP contribution in [0.1, 0.15) is 12.1 Å². The van der Waals surface area contributed by atoms with Gasteiger partial charge in [-0.1, -0.05) is 0 Å². The Labute approximate surface area is 183 Å². The molecule has 3 amide bonds. The number of carbonyl (C=O) groups is 2. The van der Waals surface area contributed by atoms with Gasteiger partial charge < -0.3 is 10.2 Å². The van der Waals surface area contributed by atoms with Crippen LogP contribution in [0.5, 0.6) is 0 Å². The first-order valence-electron chi connectivity index (χ1n) is 9.88. The van der Waals surface area contributed by atoms with E-state index in [9.17, 15) is 22.4 Å². The first-order valence-corrected chi connectivity index (χ1v) is 12.2. The fraction of sp³-hybridized carbons (Fsp3) is 0.421. The molecule has 9 nitrogen and oxygen atoms in total. The molecule has 0 aliphatic carbocycles. The van der Waals surface area contributed by atoms with Crippen molar-refractivity contribution in [2.75, 3.05) is 44.2 Å². The summed E-state index contributed by atoms with van der Waals surface area (Å²) in [6.45, 7) is 2.28. The number of sulfonamides is 1. The van der Waals surface area contributed by atoms with Crippen molar-refractivity contribution in [1.29, 1.82) is 0 Å². The number of urea groups is 1. The zero-order chi connectivity index (χ0) is 22.0. The maximum absolute atomic E-state index is 13.1. The number of hydrogen-bond acceptors (Lipinski definition) is 6. The van der Waals surface area contributed by atoms with Crippen LogP contribution in [0.4, 0.5) is 14.3 Å². The molecule has 0 radical (unpaired) electrons. The molecule has 4 rings (SSSR count). The minimum absolute atomic E-state index is 0.0367. The number of amides is 3. The van der Waals surface area contributed by atoms with Crippen LogP contribution in [-0.4, -0.2) is 73.8 Å². The fourth-order valence-electron chi connectivity index (χ4n) is 3.56. The van der Waals surface area contributed by atoms with Crippen LogP contribution in [0.15, 0.2) is 34.5 Å². The molecule has 0 spiro atoms. The molecule has 2 aliphatic heterocycles. The highest BCUT2D eigenvalue weighted by Crippen LogP contribution is 2.23. The van der Waals surface area contributed by atoms with Gasteiger partial charge in [-0.2, -0.15) is 4.31 Å². The van der Waals surface area contributed by atoms with Gasteiger partial charge in [0.25, 0.3) is 0 Å². The van der Waals surface area contributed by atoms with E-state index < -0.39 is 15.8 Å². The van der Waals surface area contributed by atoms with E-state index in [-0.39, 0.29) is 42.9 Å². The Bertz CT molecular complexity index is 1070. The molecule has 2 aromatic rings. The summed E-state index contributed by atoms with van der Waals surface area (Å²) in [6.07, 6.45) is 0.596. The topological polar surface area (TPSA) is 103 Å². The maximum atomic E-state index is 13.1. The van der Waals surface area contributed by atoms with Gasteiger partial charge in [0.05, 0.1) is 17.0 Å². The number of anilines is 1. The summed E-state index contributed by atoms with van der Waals surface area (Å²) < 4.78 is 40.1. The van der Waals surface area contributed by atoms with E-state index in [2.05, 4.69) is 10.3 Å². The summed E-state index contributed by atoms with van der Waals surface area (Å²) in [4.78, 5) is 32.1. The quantitative estimate of drug-likeness (QED) is 0.714. The Balaban J connectivity index is 1.37. The fourth-order valence-corrected chi connectivity index (χ4v) is 5.88. The average Bonchev–Trinajstić information content (AvgIpc) is 3.28. The van der Waals surface area contributed by atoms with E-state index >= 15 is 0 Å². The van der Waals surface area contributed by atoms with Crippen LogP contribution in [0, 0.1) is 5.82 Å². The van der Waals surface area contributed by atoms with Crippen molar-refractivity contribution in [3.8, 4) is 0 Å². The van der Waals surface area contributed by atoms with E-state index in [1.54, 1.807) is 15.2 Å². The van der Waals surface area contributed by atoms with Crippen LogP contribution in [-0.2, 0) is 21.2 Å². The Morgan fingerprint density at radius 3 is 2.61 bits per heavy atom. The smallest absolute Gasteiger partial charge is 0.323 e. The molecular formula is C19H22FN5O4S2. The van der Waals surface area contributed by atoms with Gasteiger partial charge in [-0.25, -0.2) is 22.6 Å². The van der Waals surface area contributed by atoms with Crippen molar-refractivity contribution in [3.63, 3.8) is 0 Å². The largest absolute Gasteiger partial charge is 0.341 e. The molecule has 1 N–H and O–H groups in total. The lowest BCUT2D eigenvalue weighted by Gasteiger charge is -2.22. The van der Waals surface area contributed by atoms with Gasteiger partial charge in [0.2, 0.25) is 15.9 Å². The standard InChI is InChI=1S/C19H22FN5O4S2/c20-14-2-4-16(5-3-14)31(28,29)24-8-1-7-23(10-11-24)17(26)12-15-13-30-19(22-15)25-9-6-21-18(25)27/h2-5,13H,1,6-12H2,(H,21,27). The van der Waals surface area contributed by atoms with Crippen LogP contribution in [0.2, 0.25) is 0 Å². The van der Waals surface area contributed by atoms with Crippen LogP contribution >= 0.6 is 11.3 Å². The molecule has 1 aromatic carbocycles. The SMILES string of the molecule is O=C(Cc1csc(N2CCNC2=O)n1)N1CCCN(S(=O)(=O)c2ccc(F)cc2)CC1. The van der Waals surface area contributed by atoms with Crippen molar-refractivity contribution in [2.45, 2.75) is 17.7 Å². The first kappa shape index (κ1) is 21.7. The Morgan fingerprint density at radius 1 is 1.13 bits per heavy atom. The molecule has 166 valence electrons. The second kappa shape index (κ2) is 8.89. The number of hydrogen-bond donors (Lipinski definition) is 1. The van der Waals surface area contributed by atoms with E-state index in [1.165, 1.54) is 27.8 Å². The molecule has 0 saturated carbocycles. The van der Waals surface area contributed by atoms with E-state index in [0.29, 0.717) is 36.9 Å². The van der Waals surface area contributed by atoms with E-state index in [1.807, 2.05) is 0 Å². The van der Waals surface area contributed by atoms with Gasteiger partial charge in [0, 0.05) is 44.6 Å². The minimum atomic E-state index is -3.75. The van der Waals surface area contributed by atoms with Gasteiger partial charge in [-0.15, -0.1) is 11.3 Å². The number of rotatable bonds is 5. The molecule has 1 aromatic heterocycles. The average molecular weight is 468 g/mol. The highest BCUT2D eigenvalue weighted by atomic mass is 32.2. The molecule has 31 heavy (non-hydrogen) atoms. The Hall–Kier alpha value is -2.57. The highest BCUT2D eigenvalue weighted by Gasteiger charge is 2.29. The third-order valence-electron chi connectivity index (χ3n) is 5.22. The summed E-state index contributed by atoms with van der Waals surface area (Å²) >= 11 is 1.31. The van der Waals surface area contributed by atoms with Crippen molar-refractivity contribution >= 4 is 38.4 Å². The summed E-state index contributed by atoms with van der Waals surface area (Å²) in [5.41, 5.74) is 0.588. The zero-order valence-electron chi connectivity index (χ0n) is 16.7. The molecule has 2 aliphatic rings.